The van der Waals surface area contributed by atoms with Gasteiger partial charge in [0.1, 0.15) is 11.3 Å². The lowest BCUT2D eigenvalue weighted by molar-refractivity contribution is 0.0240. The Morgan fingerprint density at radius 1 is 1.00 bits per heavy atom. The number of benzene rings is 2. The van der Waals surface area contributed by atoms with Gasteiger partial charge in [-0.15, -0.1) is 0 Å². The molecule has 11 nitrogen and oxygen atoms in total. The molecule has 232 valence electrons. The van der Waals surface area contributed by atoms with Gasteiger partial charge in [-0.05, 0) is 80.9 Å². The van der Waals surface area contributed by atoms with Crippen LogP contribution in [0, 0.1) is 11.3 Å². The first-order valence-corrected chi connectivity index (χ1v) is 15.1. The Hall–Kier alpha value is -5.76. The van der Waals surface area contributed by atoms with Crippen molar-refractivity contribution in [2.24, 2.45) is 0 Å². The molecule has 4 heterocycles. The molecule has 1 aliphatic heterocycles. The highest BCUT2D eigenvalue weighted by Crippen LogP contribution is 2.31. The van der Waals surface area contributed by atoms with Gasteiger partial charge >= 0.3 is 6.09 Å². The van der Waals surface area contributed by atoms with E-state index in [1.54, 1.807) is 29.6 Å². The number of nitriles is 1. The van der Waals surface area contributed by atoms with E-state index < -0.39 is 5.60 Å². The van der Waals surface area contributed by atoms with Crippen LogP contribution in [0.2, 0.25) is 0 Å². The van der Waals surface area contributed by atoms with Crippen LogP contribution < -0.4 is 10.2 Å². The molecule has 6 rings (SSSR count). The first-order chi connectivity index (χ1) is 22.2. The number of ether oxygens (including phenoxy) is 1. The van der Waals surface area contributed by atoms with Gasteiger partial charge in [0.2, 0.25) is 5.95 Å². The minimum Gasteiger partial charge on any atom is -0.444 e. The van der Waals surface area contributed by atoms with Crippen molar-refractivity contribution in [3.8, 4) is 28.6 Å². The molecule has 2 aromatic carbocycles. The molecule has 1 N–H and O–H groups in total. The lowest BCUT2D eigenvalue weighted by atomic mass is 10.1. The second kappa shape index (κ2) is 13.1. The van der Waals surface area contributed by atoms with E-state index in [1.165, 1.54) is 0 Å². The second-order valence-corrected chi connectivity index (χ2v) is 12.0. The minimum absolute atomic E-state index is 0.265. The standard InChI is InChI=1S/C35H35N9O2/c1-35(2,3)46-34(45)43-18-16-42(17-19-43)29-11-9-28(10-12-29)39-33-38-15-13-31(40-33)30-24-44(23-26-7-4-6-25(20-26)21-36)41-32(30)27-8-5-14-37-22-27/h4-15,20,22,24H,16-19,23H2,1-3H3,(H,38,39,40). The monoisotopic (exact) mass is 613 g/mol. The van der Waals surface area contributed by atoms with Gasteiger partial charge < -0.3 is 19.9 Å². The highest BCUT2D eigenvalue weighted by atomic mass is 16.6. The Balaban J connectivity index is 1.17. The van der Waals surface area contributed by atoms with Crippen LogP contribution in [0.4, 0.5) is 22.1 Å². The van der Waals surface area contributed by atoms with Gasteiger partial charge in [-0.25, -0.2) is 14.8 Å². The van der Waals surface area contributed by atoms with E-state index in [1.807, 2.05) is 80.2 Å². The fourth-order valence-electron chi connectivity index (χ4n) is 5.26. The molecule has 1 fully saturated rings. The SMILES string of the molecule is CC(C)(C)OC(=O)N1CCN(c2ccc(Nc3nccc(-c4cn(Cc5cccc(C#N)c5)nc4-c4cccnc4)n3)cc2)CC1. The average molecular weight is 614 g/mol. The Morgan fingerprint density at radius 2 is 1.80 bits per heavy atom. The predicted molar refractivity (Wildman–Crippen MR) is 176 cm³/mol. The topological polar surface area (TPSA) is 125 Å². The molecule has 1 amide bonds. The summed E-state index contributed by atoms with van der Waals surface area (Å²) in [4.78, 5) is 30.0. The normalized spacial score (nSPS) is 13.3. The highest BCUT2D eigenvalue weighted by molar-refractivity contribution is 5.78. The van der Waals surface area contributed by atoms with Crippen molar-refractivity contribution in [3.63, 3.8) is 0 Å². The number of aromatic nitrogens is 5. The molecule has 11 heteroatoms. The lowest BCUT2D eigenvalue weighted by Crippen LogP contribution is -2.50. The fraction of sp³-hybridized carbons (Fsp3) is 0.257. The third-order valence-corrected chi connectivity index (χ3v) is 7.45. The van der Waals surface area contributed by atoms with E-state index >= 15 is 0 Å². The summed E-state index contributed by atoms with van der Waals surface area (Å²) in [7, 11) is 0. The number of rotatable bonds is 7. The molecule has 5 aromatic rings. The Bertz CT molecular complexity index is 1850. The van der Waals surface area contributed by atoms with Crippen LogP contribution >= 0.6 is 0 Å². The van der Waals surface area contributed by atoms with Gasteiger partial charge in [-0.1, -0.05) is 12.1 Å². The van der Waals surface area contributed by atoms with E-state index in [9.17, 15) is 10.1 Å². The first kappa shape index (κ1) is 30.3. The van der Waals surface area contributed by atoms with Gasteiger partial charge in [0, 0.05) is 73.5 Å². The summed E-state index contributed by atoms with van der Waals surface area (Å²) >= 11 is 0. The zero-order valence-electron chi connectivity index (χ0n) is 26.1. The molecule has 1 aliphatic rings. The van der Waals surface area contributed by atoms with Crippen LogP contribution in [-0.4, -0.2) is 67.5 Å². The quantitative estimate of drug-likeness (QED) is 0.231. The maximum Gasteiger partial charge on any atom is 0.410 e. The molecule has 1 saturated heterocycles. The summed E-state index contributed by atoms with van der Waals surface area (Å²) in [5.41, 5.74) is 6.20. The van der Waals surface area contributed by atoms with Crippen molar-refractivity contribution in [2.45, 2.75) is 32.9 Å². The molecular weight excluding hydrogens is 578 g/mol. The zero-order chi connectivity index (χ0) is 32.1. The summed E-state index contributed by atoms with van der Waals surface area (Å²) in [6, 6.07) is 23.5. The van der Waals surface area contributed by atoms with Gasteiger partial charge in [0.15, 0.2) is 0 Å². The summed E-state index contributed by atoms with van der Waals surface area (Å²) in [6.07, 6.45) is 6.94. The number of anilines is 3. The van der Waals surface area contributed by atoms with Crippen molar-refractivity contribution in [2.75, 3.05) is 36.4 Å². The van der Waals surface area contributed by atoms with Gasteiger partial charge in [-0.2, -0.15) is 10.4 Å². The first-order valence-electron chi connectivity index (χ1n) is 15.1. The van der Waals surface area contributed by atoms with E-state index in [2.05, 4.69) is 38.4 Å². The van der Waals surface area contributed by atoms with Crippen molar-refractivity contribution in [1.82, 2.24) is 29.6 Å². The van der Waals surface area contributed by atoms with Crippen LogP contribution in [-0.2, 0) is 11.3 Å². The lowest BCUT2D eigenvalue weighted by Gasteiger charge is -2.36. The molecule has 46 heavy (non-hydrogen) atoms. The van der Waals surface area contributed by atoms with Gasteiger partial charge in [-0.3, -0.25) is 9.67 Å². The Labute approximate surface area is 268 Å². The highest BCUT2D eigenvalue weighted by Gasteiger charge is 2.26. The summed E-state index contributed by atoms with van der Waals surface area (Å²) in [6.45, 7) is 8.83. The number of carbonyl (C=O) groups excluding carboxylic acids is 1. The third kappa shape index (κ3) is 7.30. The molecule has 0 bridgehead atoms. The van der Waals surface area contributed by atoms with E-state index in [0.29, 0.717) is 36.8 Å². The van der Waals surface area contributed by atoms with Crippen LogP contribution in [0.5, 0.6) is 0 Å². The second-order valence-electron chi connectivity index (χ2n) is 12.0. The van der Waals surface area contributed by atoms with E-state index in [0.717, 1.165) is 46.8 Å². The smallest absolute Gasteiger partial charge is 0.410 e. The molecule has 0 radical (unpaired) electrons. The maximum atomic E-state index is 12.4. The van der Waals surface area contributed by atoms with E-state index in [4.69, 9.17) is 14.8 Å². The van der Waals surface area contributed by atoms with E-state index in [-0.39, 0.29) is 6.09 Å². The number of hydrogen-bond donors (Lipinski definition) is 1. The zero-order valence-corrected chi connectivity index (χ0v) is 26.1. The molecule has 0 unspecified atom stereocenters. The largest absolute Gasteiger partial charge is 0.444 e. The van der Waals surface area contributed by atoms with Crippen molar-refractivity contribution < 1.29 is 9.53 Å². The number of pyridine rings is 1. The average Bonchev–Trinajstić information content (AvgIpc) is 3.49. The van der Waals surface area contributed by atoms with Crippen molar-refractivity contribution in [3.05, 3.63) is 103 Å². The third-order valence-electron chi connectivity index (χ3n) is 7.45. The van der Waals surface area contributed by atoms with Crippen LogP contribution in [0.1, 0.15) is 31.9 Å². The van der Waals surface area contributed by atoms with Crippen molar-refractivity contribution in [1.29, 1.82) is 5.26 Å². The van der Waals surface area contributed by atoms with Gasteiger partial charge in [0.05, 0.1) is 23.9 Å². The Morgan fingerprint density at radius 3 is 2.52 bits per heavy atom. The molecule has 0 spiro atoms. The number of nitrogens with zero attached hydrogens (tertiary/aromatic N) is 8. The summed E-state index contributed by atoms with van der Waals surface area (Å²) in [5.74, 6) is 0.461. The molecule has 0 aliphatic carbocycles. The summed E-state index contributed by atoms with van der Waals surface area (Å²) in [5, 5.41) is 17.5. The molecule has 3 aromatic heterocycles. The number of hydrogen-bond acceptors (Lipinski definition) is 9. The van der Waals surface area contributed by atoms with Crippen molar-refractivity contribution >= 4 is 23.4 Å². The number of amides is 1. The van der Waals surface area contributed by atoms with Crippen LogP contribution in [0.3, 0.4) is 0 Å². The fourth-order valence-corrected chi connectivity index (χ4v) is 5.26. The molecule has 0 saturated carbocycles. The molecular formula is C35H35N9O2. The predicted octanol–water partition coefficient (Wildman–Crippen LogP) is 6.12. The number of piperazine rings is 1. The minimum atomic E-state index is -0.504. The van der Waals surface area contributed by atoms with Gasteiger partial charge in [0.25, 0.3) is 0 Å². The molecule has 0 atom stereocenters. The van der Waals surface area contributed by atoms with Crippen LogP contribution in [0.25, 0.3) is 22.5 Å². The Kier molecular flexibility index (Phi) is 8.61. The van der Waals surface area contributed by atoms with Crippen LogP contribution in [0.15, 0.2) is 91.5 Å². The maximum absolute atomic E-state index is 12.4. The summed E-state index contributed by atoms with van der Waals surface area (Å²) < 4.78 is 7.38. The number of nitrogens with one attached hydrogen (secondary N) is 1. The number of carbonyl (C=O) groups is 1.